The quantitative estimate of drug-likeness (QED) is 0.580. The first-order valence-electron chi connectivity index (χ1n) is 3.31. The zero-order chi connectivity index (χ0) is 7.68. The fourth-order valence-electron chi connectivity index (χ4n) is 1.01. The molecule has 1 aromatic carbocycles. The lowest BCUT2D eigenvalue weighted by Gasteiger charge is -2.15. The monoisotopic (exact) mass is 148 g/mol. The van der Waals surface area contributed by atoms with Gasteiger partial charge in [0.25, 0.3) is 5.91 Å². The molecular formula is C8H6NO2. The predicted molar refractivity (Wildman–Crippen MR) is 37.8 cm³/mol. The van der Waals surface area contributed by atoms with Crippen LogP contribution in [0.1, 0.15) is 5.56 Å². The van der Waals surface area contributed by atoms with E-state index >= 15 is 0 Å². The van der Waals surface area contributed by atoms with E-state index in [0.29, 0.717) is 12.2 Å². The van der Waals surface area contributed by atoms with Crippen molar-refractivity contribution in [3.8, 4) is 5.75 Å². The van der Waals surface area contributed by atoms with Crippen LogP contribution in [0.2, 0.25) is 0 Å². The smallest absolute Gasteiger partial charge is 0.257 e. The summed E-state index contributed by atoms with van der Waals surface area (Å²) >= 11 is 0. The Balaban J connectivity index is 2.41. The van der Waals surface area contributed by atoms with Crippen LogP contribution in [0, 0.1) is 6.07 Å². The fraction of sp³-hybridized carbons (Fsp3) is 0.125. The highest BCUT2D eigenvalue weighted by Gasteiger charge is 2.14. The second-order valence-corrected chi connectivity index (χ2v) is 2.33. The third-order valence-corrected chi connectivity index (χ3v) is 1.52. The molecule has 11 heavy (non-hydrogen) atoms. The molecule has 0 saturated heterocycles. The Kier molecular flexibility index (Phi) is 1.28. The molecule has 1 N–H and O–H groups in total. The Morgan fingerprint density at radius 1 is 1.64 bits per heavy atom. The van der Waals surface area contributed by atoms with Crippen LogP contribution in [0.3, 0.4) is 0 Å². The van der Waals surface area contributed by atoms with Gasteiger partial charge in [0.1, 0.15) is 0 Å². The molecular weight excluding hydrogens is 142 g/mol. The number of carbonyl (C=O) groups excluding carboxylic acids is 1. The minimum atomic E-state index is -0.114. The molecule has 1 aromatic rings. The minimum Gasteiger partial charge on any atom is -0.379 e. The summed E-state index contributed by atoms with van der Waals surface area (Å²) in [4.78, 5) is 15.7. The van der Waals surface area contributed by atoms with Crippen LogP contribution in [0.4, 0.5) is 0 Å². The van der Waals surface area contributed by atoms with Gasteiger partial charge in [-0.25, -0.2) is 0 Å². The van der Waals surface area contributed by atoms with E-state index in [-0.39, 0.29) is 5.91 Å². The Morgan fingerprint density at radius 3 is 3.45 bits per heavy atom. The Hall–Kier alpha value is -1.51. The van der Waals surface area contributed by atoms with Gasteiger partial charge in [0, 0.05) is 11.6 Å². The van der Waals surface area contributed by atoms with E-state index in [9.17, 15) is 4.79 Å². The van der Waals surface area contributed by atoms with Gasteiger partial charge in [-0.1, -0.05) is 18.2 Å². The SMILES string of the molecule is O=C1Cc2ccc[c]c2ON1. The molecule has 0 saturated carbocycles. The predicted octanol–water partition coefficient (Wildman–Crippen LogP) is 0.453. The molecule has 1 amide bonds. The van der Waals surface area contributed by atoms with Gasteiger partial charge in [0.05, 0.1) is 6.42 Å². The van der Waals surface area contributed by atoms with Crippen molar-refractivity contribution in [3.05, 3.63) is 29.8 Å². The fourth-order valence-corrected chi connectivity index (χ4v) is 1.01. The minimum absolute atomic E-state index is 0.114. The van der Waals surface area contributed by atoms with Crippen molar-refractivity contribution >= 4 is 5.91 Å². The van der Waals surface area contributed by atoms with Gasteiger partial charge in [0.2, 0.25) is 0 Å². The number of hydroxylamine groups is 1. The lowest BCUT2D eigenvalue weighted by atomic mass is 10.1. The largest absolute Gasteiger partial charge is 0.379 e. The van der Waals surface area contributed by atoms with E-state index < -0.39 is 0 Å². The number of rotatable bonds is 0. The van der Waals surface area contributed by atoms with Crippen LogP contribution in [0.5, 0.6) is 5.75 Å². The highest BCUT2D eigenvalue weighted by Crippen LogP contribution is 2.19. The molecule has 0 spiro atoms. The molecule has 0 aromatic heterocycles. The van der Waals surface area contributed by atoms with Crippen molar-refractivity contribution < 1.29 is 9.63 Å². The normalized spacial score (nSPS) is 14.7. The van der Waals surface area contributed by atoms with E-state index in [0.717, 1.165) is 5.56 Å². The third-order valence-electron chi connectivity index (χ3n) is 1.52. The van der Waals surface area contributed by atoms with Crippen LogP contribution in [0.25, 0.3) is 0 Å². The summed E-state index contributed by atoms with van der Waals surface area (Å²) in [7, 11) is 0. The van der Waals surface area contributed by atoms with Crippen molar-refractivity contribution in [2.75, 3.05) is 0 Å². The summed E-state index contributed by atoms with van der Waals surface area (Å²) in [6.07, 6.45) is 0.382. The van der Waals surface area contributed by atoms with Gasteiger partial charge in [-0.3, -0.25) is 4.79 Å². The molecule has 55 valence electrons. The van der Waals surface area contributed by atoms with Crippen LogP contribution < -0.4 is 10.3 Å². The molecule has 0 atom stereocenters. The molecule has 0 unspecified atom stereocenters. The van der Waals surface area contributed by atoms with Gasteiger partial charge in [0.15, 0.2) is 5.75 Å². The van der Waals surface area contributed by atoms with Gasteiger partial charge < -0.3 is 4.84 Å². The summed E-state index contributed by atoms with van der Waals surface area (Å²) in [5.74, 6) is 0.504. The molecule has 3 nitrogen and oxygen atoms in total. The third kappa shape index (κ3) is 1.05. The maximum atomic E-state index is 10.8. The summed E-state index contributed by atoms with van der Waals surface area (Å²) in [6.45, 7) is 0. The summed E-state index contributed by atoms with van der Waals surface area (Å²) in [5.41, 5.74) is 3.15. The average molecular weight is 148 g/mol. The highest BCUT2D eigenvalue weighted by molar-refractivity contribution is 5.79. The second kappa shape index (κ2) is 2.27. The zero-order valence-corrected chi connectivity index (χ0v) is 5.76. The van der Waals surface area contributed by atoms with Crippen LogP contribution >= 0.6 is 0 Å². The van der Waals surface area contributed by atoms with Crippen molar-refractivity contribution in [1.29, 1.82) is 0 Å². The van der Waals surface area contributed by atoms with Crippen LogP contribution in [0.15, 0.2) is 18.2 Å². The molecule has 3 heteroatoms. The number of benzene rings is 1. The first kappa shape index (κ1) is 6.22. The standard InChI is InChI=1S/C8H6NO2/c10-8-5-6-3-1-2-4-7(6)11-9-8/h1-3H,5H2,(H,9,10). The Bertz CT molecular complexity index is 296. The lowest BCUT2D eigenvalue weighted by Crippen LogP contribution is -2.32. The number of amides is 1. The number of hydrogen-bond acceptors (Lipinski definition) is 2. The maximum Gasteiger partial charge on any atom is 0.257 e. The van der Waals surface area contributed by atoms with Gasteiger partial charge in [-0.05, 0) is 0 Å². The van der Waals surface area contributed by atoms with E-state index in [2.05, 4.69) is 11.5 Å². The van der Waals surface area contributed by atoms with Crippen LogP contribution in [-0.2, 0) is 11.2 Å². The Labute approximate surface area is 63.9 Å². The van der Waals surface area contributed by atoms with Gasteiger partial charge in [-0.2, -0.15) is 5.48 Å². The molecule has 1 radical (unpaired) electrons. The van der Waals surface area contributed by atoms with Crippen molar-refractivity contribution in [1.82, 2.24) is 5.48 Å². The first-order chi connectivity index (χ1) is 5.36. The molecule has 0 aliphatic carbocycles. The van der Waals surface area contributed by atoms with Crippen LogP contribution in [-0.4, -0.2) is 5.91 Å². The van der Waals surface area contributed by atoms with Crippen molar-refractivity contribution in [2.45, 2.75) is 6.42 Å². The molecule has 0 fully saturated rings. The summed E-state index contributed by atoms with van der Waals surface area (Å²) in [6, 6.07) is 8.30. The topological polar surface area (TPSA) is 38.3 Å². The first-order valence-corrected chi connectivity index (χ1v) is 3.31. The van der Waals surface area contributed by atoms with Crippen molar-refractivity contribution in [3.63, 3.8) is 0 Å². The zero-order valence-electron chi connectivity index (χ0n) is 5.76. The molecule has 2 rings (SSSR count). The van der Waals surface area contributed by atoms with Gasteiger partial charge >= 0.3 is 0 Å². The van der Waals surface area contributed by atoms with E-state index in [4.69, 9.17) is 4.84 Å². The maximum absolute atomic E-state index is 10.8. The van der Waals surface area contributed by atoms with E-state index in [1.807, 2.05) is 12.1 Å². The Morgan fingerprint density at radius 2 is 2.55 bits per heavy atom. The number of nitrogens with one attached hydrogen (secondary N) is 1. The molecule has 0 bridgehead atoms. The molecule has 1 aliphatic rings. The second-order valence-electron chi connectivity index (χ2n) is 2.33. The number of para-hydroxylation sites is 1. The van der Waals surface area contributed by atoms with E-state index in [1.54, 1.807) is 6.07 Å². The van der Waals surface area contributed by atoms with E-state index in [1.165, 1.54) is 0 Å². The average Bonchev–Trinajstić information content (AvgIpc) is 2.04. The number of fused-ring (bicyclic) bond motifs is 1. The molecule has 1 heterocycles. The summed E-state index contributed by atoms with van der Waals surface area (Å²) < 4.78 is 0. The lowest BCUT2D eigenvalue weighted by molar-refractivity contribution is -0.128. The highest BCUT2D eigenvalue weighted by atomic mass is 16.7. The van der Waals surface area contributed by atoms with Gasteiger partial charge in [-0.15, -0.1) is 0 Å². The summed E-state index contributed by atoms with van der Waals surface area (Å²) in [5, 5.41) is 0. The molecule has 1 aliphatic heterocycles. The van der Waals surface area contributed by atoms with Crippen molar-refractivity contribution in [2.24, 2.45) is 0 Å². The number of carbonyl (C=O) groups is 1. The number of hydrogen-bond donors (Lipinski definition) is 1.